The standard InChI is InChI=1S/C18H18N3O6P/c1-25-15-10-6-13(7-11-15)17-16(12-4-8-14(9-5-12)21(22)23)18(20-19-17)28(24,26-2)27-3/h4-11H,1-3H3,(H,19,20). The molecule has 10 heteroatoms. The zero-order valence-electron chi connectivity index (χ0n) is 15.4. The molecule has 0 aliphatic heterocycles. The molecule has 3 aromatic rings. The minimum absolute atomic E-state index is 0.0542. The Labute approximate surface area is 160 Å². The van der Waals surface area contributed by atoms with E-state index in [9.17, 15) is 14.7 Å². The van der Waals surface area contributed by atoms with E-state index < -0.39 is 12.5 Å². The van der Waals surface area contributed by atoms with E-state index in [4.69, 9.17) is 13.8 Å². The van der Waals surface area contributed by atoms with Crippen LogP contribution in [0.15, 0.2) is 48.5 Å². The van der Waals surface area contributed by atoms with Crippen molar-refractivity contribution in [1.82, 2.24) is 10.2 Å². The van der Waals surface area contributed by atoms with Crippen molar-refractivity contribution in [1.29, 1.82) is 0 Å². The fourth-order valence-electron chi connectivity index (χ4n) is 2.77. The summed E-state index contributed by atoms with van der Waals surface area (Å²) in [5, 5.41) is 18.0. The first-order chi connectivity index (χ1) is 13.4. The van der Waals surface area contributed by atoms with Gasteiger partial charge in [-0.05, 0) is 42.0 Å². The number of nitrogens with one attached hydrogen (secondary N) is 1. The van der Waals surface area contributed by atoms with Gasteiger partial charge < -0.3 is 13.8 Å². The number of nitrogens with zero attached hydrogens (tertiary/aromatic N) is 2. The maximum atomic E-state index is 13.0. The average molecular weight is 403 g/mol. The zero-order valence-corrected chi connectivity index (χ0v) is 16.3. The number of methoxy groups -OCH3 is 1. The molecule has 0 amide bonds. The van der Waals surface area contributed by atoms with Gasteiger partial charge in [0.05, 0.1) is 12.0 Å². The van der Waals surface area contributed by atoms with Gasteiger partial charge in [-0.25, -0.2) is 0 Å². The number of ether oxygens (including phenoxy) is 1. The van der Waals surface area contributed by atoms with Gasteiger partial charge in [-0.1, -0.05) is 0 Å². The normalized spacial score (nSPS) is 11.4. The summed E-state index contributed by atoms with van der Waals surface area (Å²) in [5.41, 5.74) is 2.40. The third-order valence-corrected chi connectivity index (χ3v) is 6.06. The number of H-pyrrole nitrogens is 1. The lowest BCUT2D eigenvalue weighted by atomic mass is 10.0. The molecule has 28 heavy (non-hydrogen) atoms. The molecule has 0 spiro atoms. The van der Waals surface area contributed by atoms with Crippen LogP contribution >= 0.6 is 7.60 Å². The first-order valence-corrected chi connectivity index (χ1v) is 9.67. The van der Waals surface area contributed by atoms with E-state index >= 15 is 0 Å². The predicted octanol–water partition coefficient (Wildman–Crippen LogP) is 3.77. The molecule has 0 aliphatic rings. The summed E-state index contributed by atoms with van der Waals surface area (Å²) >= 11 is 0. The van der Waals surface area contributed by atoms with E-state index in [0.717, 1.165) is 5.56 Å². The van der Waals surface area contributed by atoms with E-state index in [2.05, 4.69) is 10.2 Å². The molecule has 0 bridgehead atoms. The molecule has 0 unspecified atom stereocenters. The predicted molar refractivity (Wildman–Crippen MR) is 104 cm³/mol. The maximum absolute atomic E-state index is 13.0. The minimum atomic E-state index is -3.66. The monoisotopic (exact) mass is 403 g/mol. The lowest BCUT2D eigenvalue weighted by Gasteiger charge is -2.14. The van der Waals surface area contributed by atoms with Crippen molar-refractivity contribution in [3.63, 3.8) is 0 Å². The van der Waals surface area contributed by atoms with Crippen LogP contribution < -0.4 is 10.2 Å². The summed E-state index contributed by atoms with van der Waals surface area (Å²) in [7, 11) is 0.459. The van der Waals surface area contributed by atoms with Crippen LogP contribution in [0, 0.1) is 10.1 Å². The smallest absolute Gasteiger partial charge is 0.379 e. The third kappa shape index (κ3) is 3.55. The molecule has 1 aromatic heterocycles. The van der Waals surface area contributed by atoms with Gasteiger partial charge in [-0.15, -0.1) is 0 Å². The molecule has 0 aliphatic carbocycles. The van der Waals surface area contributed by atoms with Crippen LogP contribution in [-0.4, -0.2) is 36.5 Å². The van der Waals surface area contributed by atoms with E-state index in [0.29, 0.717) is 22.6 Å². The van der Waals surface area contributed by atoms with Gasteiger partial charge in [0.1, 0.15) is 11.4 Å². The molecule has 0 saturated carbocycles. The Morgan fingerprint density at radius 3 is 2.04 bits per heavy atom. The van der Waals surface area contributed by atoms with Gasteiger partial charge >= 0.3 is 7.60 Å². The van der Waals surface area contributed by atoms with Gasteiger partial charge in [0.15, 0.2) is 5.44 Å². The van der Waals surface area contributed by atoms with Gasteiger partial charge in [-0.3, -0.25) is 19.8 Å². The summed E-state index contributed by atoms with van der Waals surface area (Å²) in [5.74, 6) is 0.677. The number of aromatic amines is 1. The van der Waals surface area contributed by atoms with E-state index in [1.165, 1.54) is 26.4 Å². The molecule has 0 radical (unpaired) electrons. The first-order valence-electron chi connectivity index (χ1n) is 8.13. The van der Waals surface area contributed by atoms with Crippen molar-refractivity contribution in [2.45, 2.75) is 0 Å². The van der Waals surface area contributed by atoms with E-state index in [1.54, 1.807) is 43.5 Å². The summed E-state index contributed by atoms with van der Waals surface area (Å²) < 4.78 is 28.4. The molecule has 9 nitrogen and oxygen atoms in total. The van der Waals surface area contributed by atoms with Gasteiger partial charge in [0, 0.05) is 37.5 Å². The van der Waals surface area contributed by atoms with Crippen LogP contribution in [0.5, 0.6) is 5.75 Å². The Morgan fingerprint density at radius 1 is 0.964 bits per heavy atom. The highest BCUT2D eigenvalue weighted by Gasteiger charge is 2.33. The molecular formula is C18H18N3O6P. The summed E-state index contributed by atoms with van der Waals surface area (Å²) in [6.45, 7) is 0. The highest BCUT2D eigenvalue weighted by molar-refractivity contribution is 7.62. The minimum Gasteiger partial charge on any atom is -0.497 e. The zero-order chi connectivity index (χ0) is 20.3. The molecule has 3 rings (SSSR count). The van der Waals surface area contributed by atoms with Crippen molar-refractivity contribution < 1.29 is 23.3 Å². The molecule has 2 aromatic carbocycles. The quantitative estimate of drug-likeness (QED) is 0.362. The van der Waals surface area contributed by atoms with Crippen LogP contribution in [-0.2, 0) is 13.6 Å². The third-order valence-electron chi connectivity index (χ3n) is 4.23. The molecule has 0 fully saturated rings. The topological polar surface area (TPSA) is 117 Å². The molecule has 1 N–H and O–H groups in total. The summed E-state index contributed by atoms with van der Waals surface area (Å²) in [6.07, 6.45) is 0. The Bertz CT molecular complexity index is 1020. The number of rotatable bonds is 7. The van der Waals surface area contributed by atoms with Crippen LogP contribution in [0.3, 0.4) is 0 Å². The Morgan fingerprint density at radius 2 is 1.54 bits per heavy atom. The molecule has 146 valence electrons. The van der Waals surface area contributed by atoms with Gasteiger partial charge in [-0.2, -0.15) is 5.10 Å². The SMILES string of the molecule is COc1ccc(-c2n[nH]c(P(=O)(OC)OC)c2-c2ccc([N+](=O)[O-])cc2)cc1. The average Bonchev–Trinajstić information content (AvgIpc) is 3.19. The number of non-ortho nitro benzene ring substituents is 1. The Hall–Kier alpha value is -3.00. The summed E-state index contributed by atoms with van der Waals surface area (Å²) in [4.78, 5) is 10.5. The second-order valence-electron chi connectivity index (χ2n) is 5.69. The number of hydrogen-bond donors (Lipinski definition) is 1. The van der Waals surface area contributed by atoms with Crippen LogP contribution in [0.2, 0.25) is 0 Å². The van der Waals surface area contributed by atoms with Crippen molar-refractivity contribution in [2.24, 2.45) is 0 Å². The van der Waals surface area contributed by atoms with Crippen LogP contribution in [0.25, 0.3) is 22.4 Å². The molecular weight excluding hydrogens is 385 g/mol. The molecule has 0 atom stereocenters. The highest BCUT2D eigenvalue weighted by atomic mass is 31.2. The molecule has 0 saturated heterocycles. The Balaban J connectivity index is 2.22. The number of aromatic nitrogens is 2. The van der Waals surface area contributed by atoms with Crippen molar-refractivity contribution in [3.05, 3.63) is 58.6 Å². The fraction of sp³-hybridized carbons (Fsp3) is 0.167. The second kappa shape index (κ2) is 7.93. The van der Waals surface area contributed by atoms with Crippen LogP contribution in [0.1, 0.15) is 0 Å². The lowest BCUT2D eigenvalue weighted by Crippen LogP contribution is -2.12. The number of benzene rings is 2. The fourth-order valence-corrected chi connectivity index (χ4v) is 3.96. The van der Waals surface area contributed by atoms with Crippen molar-refractivity contribution >= 4 is 18.7 Å². The van der Waals surface area contributed by atoms with Gasteiger partial charge in [0.2, 0.25) is 0 Å². The van der Waals surface area contributed by atoms with E-state index in [1.807, 2.05) is 0 Å². The van der Waals surface area contributed by atoms with E-state index in [-0.39, 0.29) is 11.1 Å². The first kappa shape index (κ1) is 19.8. The maximum Gasteiger partial charge on any atom is 0.379 e. The van der Waals surface area contributed by atoms with Crippen molar-refractivity contribution in [2.75, 3.05) is 21.3 Å². The second-order valence-corrected chi connectivity index (χ2v) is 7.86. The van der Waals surface area contributed by atoms with Crippen molar-refractivity contribution in [3.8, 4) is 28.1 Å². The van der Waals surface area contributed by atoms with Crippen LogP contribution in [0.4, 0.5) is 5.69 Å². The molecule has 1 heterocycles. The lowest BCUT2D eigenvalue weighted by molar-refractivity contribution is -0.384. The highest BCUT2D eigenvalue weighted by Crippen LogP contribution is 2.48. The number of nitro groups is 1. The van der Waals surface area contributed by atoms with Gasteiger partial charge in [0.25, 0.3) is 5.69 Å². The largest absolute Gasteiger partial charge is 0.497 e. The number of hydrogen-bond acceptors (Lipinski definition) is 7. The number of nitro benzene ring substituents is 1. The summed E-state index contributed by atoms with van der Waals surface area (Å²) in [6, 6.07) is 13.0. The Kier molecular flexibility index (Phi) is 5.60.